The van der Waals surface area contributed by atoms with Crippen molar-refractivity contribution in [3.8, 4) is 11.5 Å². The molecule has 2 rings (SSSR count). The normalized spacial score (nSPS) is 14.3. The van der Waals surface area contributed by atoms with Crippen LogP contribution in [-0.4, -0.2) is 37.2 Å². The minimum absolute atomic E-state index is 0.488. The van der Waals surface area contributed by atoms with Crippen molar-refractivity contribution in [1.29, 1.82) is 0 Å². The highest BCUT2D eigenvalue weighted by Gasteiger charge is 2.14. The topological polar surface area (TPSA) is 47.7 Å². The zero-order chi connectivity index (χ0) is 13.0. The largest absolute Gasteiger partial charge is 0.486 e. The molecule has 1 aromatic carbocycles. The first-order valence-electron chi connectivity index (χ1n) is 6.53. The Morgan fingerprint density at radius 1 is 1.22 bits per heavy atom. The summed E-state index contributed by atoms with van der Waals surface area (Å²) in [6.07, 6.45) is 0. The highest BCUT2D eigenvalue weighted by Crippen LogP contribution is 2.31. The van der Waals surface area contributed by atoms with Crippen LogP contribution in [0.25, 0.3) is 0 Å². The van der Waals surface area contributed by atoms with E-state index in [-0.39, 0.29) is 0 Å². The lowest BCUT2D eigenvalue weighted by Gasteiger charge is -2.26. The monoisotopic (exact) mass is 250 g/mol. The molecule has 0 spiro atoms. The zero-order valence-electron chi connectivity index (χ0n) is 11.2. The van der Waals surface area contributed by atoms with E-state index >= 15 is 0 Å². The first-order chi connectivity index (χ1) is 8.70. The minimum Gasteiger partial charge on any atom is -0.486 e. The zero-order valence-corrected chi connectivity index (χ0v) is 11.2. The van der Waals surface area contributed by atoms with Crippen LogP contribution in [0.1, 0.15) is 19.4 Å². The molecule has 1 aliphatic heterocycles. The molecule has 0 unspecified atom stereocenters. The summed E-state index contributed by atoms with van der Waals surface area (Å²) in [5.41, 5.74) is 6.88. The Balaban J connectivity index is 2.08. The van der Waals surface area contributed by atoms with E-state index in [0.717, 1.165) is 24.6 Å². The van der Waals surface area contributed by atoms with Gasteiger partial charge in [0.25, 0.3) is 0 Å². The van der Waals surface area contributed by atoms with Crippen LogP contribution >= 0.6 is 0 Å². The molecular formula is C14H22N2O2. The molecule has 0 atom stereocenters. The summed E-state index contributed by atoms with van der Waals surface area (Å²) in [5.74, 6) is 1.70. The fraction of sp³-hybridized carbons (Fsp3) is 0.571. The van der Waals surface area contributed by atoms with Gasteiger partial charge in [-0.15, -0.1) is 0 Å². The van der Waals surface area contributed by atoms with Crippen molar-refractivity contribution < 1.29 is 9.47 Å². The van der Waals surface area contributed by atoms with E-state index in [1.54, 1.807) is 0 Å². The maximum absolute atomic E-state index is 5.65. The quantitative estimate of drug-likeness (QED) is 0.863. The Bertz CT molecular complexity index is 393. The van der Waals surface area contributed by atoms with Crippen molar-refractivity contribution in [2.45, 2.75) is 26.4 Å². The van der Waals surface area contributed by atoms with Crippen LogP contribution in [0.5, 0.6) is 11.5 Å². The van der Waals surface area contributed by atoms with Gasteiger partial charge < -0.3 is 15.2 Å². The predicted octanol–water partition coefficient (Wildman–Crippen LogP) is 1.63. The van der Waals surface area contributed by atoms with E-state index in [1.165, 1.54) is 5.56 Å². The highest BCUT2D eigenvalue weighted by molar-refractivity contribution is 5.43. The van der Waals surface area contributed by atoms with Gasteiger partial charge in [0.2, 0.25) is 0 Å². The average Bonchev–Trinajstić information content (AvgIpc) is 2.38. The van der Waals surface area contributed by atoms with Gasteiger partial charge in [-0.1, -0.05) is 6.07 Å². The molecule has 4 heteroatoms. The number of hydrogen-bond donors (Lipinski definition) is 1. The molecule has 1 aliphatic rings. The molecule has 0 aliphatic carbocycles. The second-order valence-corrected chi connectivity index (χ2v) is 4.83. The molecule has 0 saturated heterocycles. The summed E-state index contributed by atoms with van der Waals surface area (Å²) >= 11 is 0. The van der Waals surface area contributed by atoms with Crippen LogP contribution in [0, 0.1) is 0 Å². The third-order valence-corrected chi connectivity index (χ3v) is 3.14. The fourth-order valence-corrected chi connectivity index (χ4v) is 2.11. The van der Waals surface area contributed by atoms with Gasteiger partial charge in [0, 0.05) is 25.7 Å². The predicted molar refractivity (Wildman–Crippen MR) is 72.0 cm³/mol. The van der Waals surface area contributed by atoms with E-state index in [2.05, 4.69) is 30.9 Å². The first-order valence-corrected chi connectivity index (χ1v) is 6.53. The Morgan fingerprint density at radius 2 is 1.94 bits per heavy atom. The van der Waals surface area contributed by atoms with Crippen LogP contribution in [-0.2, 0) is 6.54 Å². The lowest BCUT2D eigenvalue weighted by Crippen LogP contribution is -2.34. The third kappa shape index (κ3) is 3.15. The van der Waals surface area contributed by atoms with Gasteiger partial charge in [-0.2, -0.15) is 0 Å². The molecule has 1 heterocycles. The molecule has 2 N–H and O–H groups in total. The Labute approximate surface area is 109 Å². The van der Waals surface area contributed by atoms with Gasteiger partial charge in [0.05, 0.1) is 0 Å². The SMILES string of the molecule is CC(C)N(CCN)Cc1ccc2c(c1)OCCO2. The maximum atomic E-state index is 5.65. The number of fused-ring (bicyclic) bond motifs is 1. The summed E-state index contributed by atoms with van der Waals surface area (Å²) in [4.78, 5) is 2.35. The van der Waals surface area contributed by atoms with Crippen molar-refractivity contribution in [3.63, 3.8) is 0 Å². The van der Waals surface area contributed by atoms with Crippen LogP contribution in [0.4, 0.5) is 0 Å². The van der Waals surface area contributed by atoms with Crippen LogP contribution in [0.3, 0.4) is 0 Å². The van der Waals surface area contributed by atoms with Gasteiger partial charge in [-0.3, -0.25) is 4.90 Å². The molecule has 0 fully saturated rings. The van der Waals surface area contributed by atoms with Crippen LogP contribution in [0.15, 0.2) is 18.2 Å². The summed E-state index contributed by atoms with van der Waals surface area (Å²) in [6, 6.07) is 6.65. The number of benzene rings is 1. The van der Waals surface area contributed by atoms with Crippen molar-refractivity contribution in [2.75, 3.05) is 26.3 Å². The molecule has 100 valence electrons. The molecule has 4 nitrogen and oxygen atoms in total. The molecule has 0 aromatic heterocycles. The first kappa shape index (κ1) is 13.2. The van der Waals surface area contributed by atoms with Crippen molar-refractivity contribution in [1.82, 2.24) is 4.90 Å². The fourth-order valence-electron chi connectivity index (χ4n) is 2.11. The molecule has 18 heavy (non-hydrogen) atoms. The minimum atomic E-state index is 0.488. The van der Waals surface area contributed by atoms with E-state index in [4.69, 9.17) is 15.2 Å². The molecule has 0 bridgehead atoms. The number of ether oxygens (including phenoxy) is 2. The number of nitrogens with zero attached hydrogens (tertiary/aromatic N) is 1. The lowest BCUT2D eigenvalue weighted by atomic mass is 10.1. The highest BCUT2D eigenvalue weighted by atomic mass is 16.6. The van der Waals surface area contributed by atoms with Gasteiger partial charge in [-0.25, -0.2) is 0 Å². The van der Waals surface area contributed by atoms with Gasteiger partial charge in [0.1, 0.15) is 13.2 Å². The summed E-state index contributed by atoms with van der Waals surface area (Å²) in [7, 11) is 0. The summed E-state index contributed by atoms with van der Waals surface area (Å²) in [5, 5.41) is 0. The van der Waals surface area contributed by atoms with E-state index < -0.39 is 0 Å². The molecule has 0 radical (unpaired) electrons. The van der Waals surface area contributed by atoms with Gasteiger partial charge >= 0.3 is 0 Å². The number of hydrogen-bond acceptors (Lipinski definition) is 4. The summed E-state index contributed by atoms with van der Waals surface area (Å²) in [6.45, 7) is 8.13. The van der Waals surface area contributed by atoms with Crippen molar-refractivity contribution in [3.05, 3.63) is 23.8 Å². The van der Waals surface area contributed by atoms with Crippen molar-refractivity contribution in [2.24, 2.45) is 5.73 Å². The maximum Gasteiger partial charge on any atom is 0.161 e. The molecule has 0 saturated carbocycles. The smallest absolute Gasteiger partial charge is 0.161 e. The number of rotatable bonds is 5. The molecule has 0 amide bonds. The Hall–Kier alpha value is -1.26. The summed E-state index contributed by atoms with van der Waals surface area (Å²) < 4.78 is 11.1. The Morgan fingerprint density at radius 3 is 2.61 bits per heavy atom. The second kappa shape index (κ2) is 6.07. The third-order valence-electron chi connectivity index (χ3n) is 3.14. The van der Waals surface area contributed by atoms with Crippen LogP contribution < -0.4 is 15.2 Å². The lowest BCUT2D eigenvalue weighted by molar-refractivity contribution is 0.170. The number of nitrogens with two attached hydrogens (primary N) is 1. The van der Waals surface area contributed by atoms with Crippen molar-refractivity contribution >= 4 is 0 Å². The average molecular weight is 250 g/mol. The second-order valence-electron chi connectivity index (χ2n) is 4.83. The molecular weight excluding hydrogens is 228 g/mol. The van der Waals surface area contributed by atoms with Gasteiger partial charge in [0.15, 0.2) is 11.5 Å². The van der Waals surface area contributed by atoms with E-state index in [9.17, 15) is 0 Å². The standard InChI is InChI=1S/C14H22N2O2/c1-11(2)16(6-5-15)10-12-3-4-13-14(9-12)18-8-7-17-13/h3-4,9,11H,5-8,10,15H2,1-2H3. The Kier molecular flexibility index (Phi) is 4.44. The van der Waals surface area contributed by atoms with E-state index in [1.807, 2.05) is 6.07 Å². The van der Waals surface area contributed by atoms with Gasteiger partial charge in [-0.05, 0) is 31.5 Å². The van der Waals surface area contributed by atoms with E-state index in [0.29, 0.717) is 25.8 Å². The van der Waals surface area contributed by atoms with Crippen LogP contribution in [0.2, 0.25) is 0 Å². The molecule has 1 aromatic rings.